The van der Waals surface area contributed by atoms with E-state index >= 15 is 0 Å². The smallest absolute Gasteiger partial charge is 0.811 e. The Labute approximate surface area is 157 Å². The second-order valence-corrected chi connectivity index (χ2v) is 8.31. The molecule has 0 aliphatic heterocycles. The number of hydrogen-bond acceptors (Lipinski definition) is 3. The van der Waals surface area contributed by atoms with Crippen molar-refractivity contribution in [3.8, 4) is 0 Å². The Balaban J connectivity index is 0. The van der Waals surface area contributed by atoms with E-state index in [0.717, 1.165) is 12.8 Å². The van der Waals surface area contributed by atoms with Crippen LogP contribution in [-0.4, -0.2) is 6.16 Å². The van der Waals surface area contributed by atoms with E-state index in [1.54, 1.807) is 0 Å². The molecule has 0 fully saturated rings. The molecule has 0 atom stereocenters. The van der Waals surface area contributed by atoms with Crippen LogP contribution in [0.2, 0.25) is 0 Å². The van der Waals surface area contributed by atoms with E-state index in [9.17, 15) is 14.4 Å². The molecule has 0 bridgehead atoms. The van der Waals surface area contributed by atoms with Crippen LogP contribution >= 0.6 is 7.60 Å². The monoisotopic (exact) mass is 396 g/mol. The summed E-state index contributed by atoms with van der Waals surface area (Å²) in [6, 6.07) is 0. The van der Waals surface area contributed by atoms with Crippen molar-refractivity contribution in [3.63, 3.8) is 0 Å². The minimum Gasteiger partial charge on any atom is -0.811 e. The van der Waals surface area contributed by atoms with Crippen LogP contribution in [0, 0.1) is 0 Å². The molecule has 0 N–H and O–H groups in total. The van der Waals surface area contributed by atoms with E-state index in [4.69, 9.17) is 0 Å². The molecule has 0 aromatic heterocycles. The average Bonchev–Trinajstić information content (AvgIpc) is 2.45. The van der Waals surface area contributed by atoms with Crippen LogP contribution < -0.4 is 9.79 Å². The number of unbranched alkanes of at least 4 members (excludes halogenated alkanes) is 15. The normalized spacial score (nSPS) is 11.4. The fourth-order valence-corrected chi connectivity index (χ4v) is 3.46. The zero-order valence-electron chi connectivity index (χ0n) is 15.4. The van der Waals surface area contributed by atoms with Gasteiger partial charge in [-0.25, -0.2) is 0 Å². The van der Waals surface area contributed by atoms with Gasteiger partial charge in [-0.05, 0) is 12.6 Å². The molecule has 0 heterocycles. The largest absolute Gasteiger partial charge is 2.00 e. The second-order valence-electron chi connectivity index (χ2n) is 6.64. The maximum absolute atomic E-state index is 10.5. The zero-order chi connectivity index (χ0) is 16.5. The van der Waals surface area contributed by atoms with Gasteiger partial charge < -0.3 is 14.4 Å². The van der Waals surface area contributed by atoms with Crippen LogP contribution in [0.1, 0.15) is 110 Å². The van der Waals surface area contributed by atoms with Gasteiger partial charge in [0.15, 0.2) is 0 Å². The molecule has 0 rings (SSSR count). The fraction of sp³-hybridized carbons (Fsp3) is 1.00. The van der Waals surface area contributed by atoms with Gasteiger partial charge in [-0.1, -0.05) is 111 Å². The zero-order valence-corrected chi connectivity index (χ0v) is 19.3. The molecule has 0 aliphatic rings. The Kier molecular flexibility index (Phi) is 21.6. The summed E-state index contributed by atoms with van der Waals surface area (Å²) < 4.78 is 10.5. The third kappa shape index (κ3) is 25.1. The quantitative estimate of drug-likeness (QED) is 0.193. The van der Waals surface area contributed by atoms with E-state index in [0.29, 0.717) is 6.42 Å². The first kappa shape index (κ1) is 26.0. The van der Waals surface area contributed by atoms with Gasteiger partial charge in [0.1, 0.15) is 0 Å². The summed E-state index contributed by atoms with van der Waals surface area (Å²) in [7, 11) is -4.25. The molecule has 0 aliphatic carbocycles. The maximum atomic E-state index is 10.5. The van der Waals surface area contributed by atoms with Crippen molar-refractivity contribution in [1.82, 2.24) is 0 Å². The van der Waals surface area contributed by atoms with Gasteiger partial charge in [0.25, 0.3) is 0 Å². The van der Waals surface area contributed by atoms with Gasteiger partial charge >= 0.3 is 19.5 Å². The third-order valence-corrected chi connectivity index (χ3v) is 5.15. The van der Waals surface area contributed by atoms with Gasteiger partial charge in [0, 0.05) is 0 Å². The van der Waals surface area contributed by atoms with Gasteiger partial charge in [-0.3, -0.25) is 0 Å². The van der Waals surface area contributed by atoms with Crippen molar-refractivity contribution in [3.05, 3.63) is 0 Å². The Morgan fingerprint density at radius 2 is 0.826 bits per heavy atom. The molecule has 3 nitrogen and oxygen atoms in total. The molecule has 0 aromatic carbocycles. The number of rotatable bonds is 17. The summed E-state index contributed by atoms with van der Waals surface area (Å²) >= 11 is 0. The molecule has 5 heteroatoms. The molecule has 0 unspecified atom stereocenters. The summed E-state index contributed by atoms with van der Waals surface area (Å²) in [6.45, 7) is 2.26. The predicted molar refractivity (Wildman–Crippen MR) is 92.0 cm³/mol. The second kappa shape index (κ2) is 19.1. The van der Waals surface area contributed by atoms with Crippen LogP contribution in [0.25, 0.3) is 0 Å². The van der Waals surface area contributed by atoms with Crippen LogP contribution in [0.3, 0.4) is 0 Å². The fourth-order valence-electron chi connectivity index (χ4n) is 2.85. The summed E-state index contributed by atoms with van der Waals surface area (Å²) in [5.41, 5.74) is 0. The molecule has 0 saturated heterocycles. The molecular weight excluding hydrogens is 361 g/mol. The minimum atomic E-state index is -4.25. The first-order valence-corrected chi connectivity index (χ1v) is 11.3. The molecule has 0 radical (unpaired) electrons. The maximum Gasteiger partial charge on any atom is 2.00 e. The van der Waals surface area contributed by atoms with Gasteiger partial charge in [-0.2, -0.15) is 0 Å². The van der Waals surface area contributed by atoms with Crippen LogP contribution in [0.15, 0.2) is 0 Å². The first-order chi connectivity index (χ1) is 10.6. The molecule has 0 spiro atoms. The van der Waals surface area contributed by atoms with Crippen LogP contribution in [-0.2, 0) is 24.0 Å². The van der Waals surface area contributed by atoms with E-state index in [1.807, 2.05) is 0 Å². The van der Waals surface area contributed by atoms with E-state index in [-0.39, 0.29) is 25.6 Å². The predicted octanol–water partition coefficient (Wildman–Crippen LogP) is 5.16. The van der Waals surface area contributed by atoms with Crippen molar-refractivity contribution >= 4 is 7.60 Å². The summed E-state index contributed by atoms with van der Waals surface area (Å²) in [5.74, 6) is 0. The van der Waals surface area contributed by atoms with Gasteiger partial charge in [0.2, 0.25) is 0 Å². The molecule has 0 aromatic rings. The summed E-state index contributed by atoms with van der Waals surface area (Å²) in [6.07, 6.45) is 19.9. The van der Waals surface area contributed by atoms with Crippen molar-refractivity contribution < 1.29 is 33.8 Å². The summed E-state index contributed by atoms with van der Waals surface area (Å²) in [5, 5.41) is 0. The van der Waals surface area contributed by atoms with Crippen molar-refractivity contribution in [1.29, 1.82) is 0 Å². The topological polar surface area (TPSA) is 63.2 Å². The molecular formula is C18H37O3PZn. The SMILES string of the molecule is CCCCCCCCCCCCCCCCCCP(=O)([O-])[O-].[Zn+2]. The van der Waals surface area contributed by atoms with Gasteiger partial charge in [0.05, 0.1) is 0 Å². The third-order valence-electron chi connectivity index (χ3n) is 4.29. The van der Waals surface area contributed by atoms with Gasteiger partial charge in [-0.15, -0.1) is 0 Å². The van der Waals surface area contributed by atoms with Crippen molar-refractivity contribution in [2.45, 2.75) is 110 Å². The Bertz CT molecular complexity index is 269. The molecule has 0 amide bonds. The van der Waals surface area contributed by atoms with Crippen LogP contribution in [0.5, 0.6) is 0 Å². The standard InChI is InChI=1S/C18H39O3P.Zn/c1-2-3-4-5-6-7-8-9-10-11-12-13-14-15-16-17-18-22(19,20)21;/h2-18H2,1H3,(H2,19,20,21);/q;+2/p-2. The van der Waals surface area contributed by atoms with Crippen LogP contribution in [0.4, 0.5) is 0 Å². The first-order valence-electron chi connectivity index (χ1n) is 9.57. The van der Waals surface area contributed by atoms with E-state index in [2.05, 4.69) is 6.92 Å². The number of hydrogen-bond donors (Lipinski definition) is 0. The molecule has 0 saturated carbocycles. The molecule has 23 heavy (non-hydrogen) atoms. The Hall–Kier alpha value is 0.773. The Morgan fingerprint density at radius 1 is 0.565 bits per heavy atom. The van der Waals surface area contributed by atoms with E-state index in [1.165, 1.54) is 83.5 Å². The van der Waals surface area contributed by atoms with E-state index < -0.39 is 7.60 Å². The summed E-state index contributed by atoms with van der Waals surface area (Å²) in [4.78, 5) is 20.9. The Morgan fingerprint density at radius 3 is 1.09 bits per heavy atom. The van der Waals surface area contributed by atoms with Crippen molar-refractivity contribution in [2.24, 2.45) is 0 Å². The average molecular weight is 398 g/mol. The molecule has 134 valence electrons. The van der Waals surface area contributed by atoms with Crippen molar-refractivity contribution in [2.75, 3.05) is 6.16 Å². The minimum absolute atomic E-state index is 0.